The number of rotatable bonds is 3. The van der Waals surface area contributed by atoms with E-state index in [1.165, 1.54) is 6.07 Å². The molecule has 2 heterocycles. The monoisotopic (exact) mass is 260 g/mol. The first kappa shape index (κ1) is 11.6. The van der Waals surface area contributed by atoms with Crippen LogP contribution in [-0.4, -0.2) is 21.6 Å². The highest BCUT2D eigenvalue weighted by molar-refractivity contribution is 5.61. The normalized spacial score (nSPS) is 13.6. The highest BCUT2D eigenvalue weighted by Gasteiger charge is 2.23. The molecule has 0 aliphatic carbocycles. The fourth-order valence-corrected chi connectivity index (χ4v) is 2.30. The van der Waals surface area contributed by atoms with Crippen molar-refractivity contribution in [2.45, 2.75) is 19.9 Å². The number of nitro groups is 1. The molecule has 1 aromatic carbocycles. The van der Waals surface area contributed by atoms with E-state index >= 15 is 0 Å². The van der Waals surface area contributed by atoms with Crippen LogP contribution in [0.3, 0.4) is 0 Å². The molecule has 1 aliphatic heterocycles. The molecule has 3 rings (SSSR count). The number of fused-ring (bicyclic) bond motifs is 1. The van der Waals surface area contributed by atoms with E-state index in [9.17, 15) is 10.1 Å². The summed E-state index contributed by atoms with van der Waals surface area (Å²) in [6.45, 7) is 3.11. The number of non-ortho nitro benzene ring substituents is 1. The molecular formula is C12H12N4O3. The van der Waals surface area contributed by atoms with Crippen LogP contribution >= 0.6 is 0 Å². The van der Waals surface area contributed by atoms with E-state index in [0.717, 1.165) is 24.2 Å². The van der Waals surface area contributed by atoms with E-state index in [-0.39, 0.29) is 10.6 Å². The zero-order valence-corrected chi connectivity index (χ0v) is 10.4. The maximum atomic E-state index is 10.7. The van der Waals surface area contributed by atoms with Gasteiger partial charge in [0, 0.05) is 24.4 Å². The van der Waals surface area contributed by atoms with Gasteiger partial charge in [0.2, 0.25) is 5.89 Å². The predicted octanol–water partition coefficient (Wildman–Crippen LogP) is 1.85. The Hall–Kier alpha value is -2.44. The first-order chi connectivity index (χ1) is 9.13. The summed E-state index contributed by atoms with van der Waals surface area (Å²) in [6.07, 6.45) is 0.796. The van der Waals surface area contributed by atoms with Crippen LogP contribution in [0, 0.1) is 17.0 Å². The van der Waals surface area contributed by atoms with Crippen LogP contribution in [0.5, 0.6) is 0 Å². The van der Waals surface area contributed by atoms with Gasteiger partial charge in [0.15, 0.2) is 5.82 Å². The lowest BCUT2D eigenvalue weighted by atomic mass is 10.1. The van der Waals surface area contributed by atoms with Crippen molar-refractivity contribution in [2.75, 3.05) is 11.4 Å². The van der Waals surface area contributed by atoms with Crippen LogP contribution in [0.1, 0.15) is 17.3 Å². The molecule has 1 aliphatic rings. The van der Waals surface area contributed by atoms with Crippen LogP contribution in [0.4, 0.5) is 11.4 Å². The van der Waals surface area contributed by atoms with Crippen LogP contribution in [-0.2, 0) is 13.0 Å². The third-order valence-corrected chi connectivity index (χ3v) is 3.16. The minimum absolute atomic E-state index is 0.134. The second-order valence-electron chi connectivity index (χ2n) is 4.48. The van der Waals surface area contributed by atoms with Gasteiger partial charge in [-0.3, -0.25) is 10.1 Å². The summed E-state index contributed by atoms with van der Waals surface area (Å²) < 4.78 is 5.09. The van der Waals surface area contributed by atoms with Crippen LogP contribution < -0.4 is 4.90 Å². The van der Waals surface area contributed by atoms with Crippen LogP contribution in [0.15, 0.2) is 22.7 Å². The van der Waals surface area contributed by atoms with E-state index in [1.54, 1.807) is 19.1 Å². The summed E-state index contributed by atoms with van der Waals surface area (Å²) >= 11 is 0. The maximum absolute atomic E-state index is 10.7. The Morgan fingerprint density at radius 3 is 3.05 bits per heavy atom. The second kappa shape index (κ2) is 4.34. The number of hydrogen-bond acceptors (Lipinski definition) is 6. The van der Waals surface area contributed by atoms with E-state index < -0.39 is 0 Å². The molecule has 19 heavy (non-hydrogen) atoms. The molecule has 7 nitrogen and oxygen atoms in total. The molecule has 2 aromatic rings. The van der Waals surface area contributed by atoms with Crippen molar-refractivity contribution in [3.8, 4) is 0 Å². The Morgan fingerprint density at radius 2 is 2.37 bits per heavy atom. The first-order valence-corrected chi connectivity index (χ1v) is 5.95. The zero-order chi connectivity index (χ0) is 13.4. The molecule has 0 bridgehead atoms. The third kappa shape index (κ3) is 2.14. The van der Waals surface area contributed by atoms with Gasteiger partial charge in [-0.05, 0) is 25.0 Å². The van der Waals surface area contributed by atoms with Crippen molar-refractivity contribution >= 4 is 11.4 Å². The summed E-state index contributed by atoms with van der Waals surface area (Å²) in [5, 5.41) is 14.5. The molecule has 1 aromatic heterocycles. The quantitative estimate of drug-likeness (QED) is 0.618. The van der Waals surface area contributed by atoms with Crippen LogP contribution in [0.2, 0.25) is 0 Å². The number of benzene rings is 1. The number of nitro benzene ring substituents is 1. The van der Waals surface area contributed by atoms with Crippen molar-refractivity contribution in [3.63, 3.8) is 0 Å². The zero-order valence-electron chi connectivity index (χ0n) is 10.4. The summed E-state index contributed by atoms with van der Waals surface area (Å²) in [7, 11) is 0. The molecule has 0 radical (unpaired) electrons. The Balaban J connectivity index is 1.84. The lowest BCUT2D eigenvalue weighted by molar-refractivity contribution is -0.384. The highest BCUT2D eigenvalue weighted by atomic mass is 16.6. The van der Waals surface area contributed by atoms with Crippen molar-refractivity contribution in [1.82, 2.24) is 10.1 Å². The van der Waals surface area contributed by atoms with Gasteiger partial charge in [-0.15, -0.1) is 0 Å². The minimum Gasteiger partial charge on any atom is -0.362 e. The Labute approximate surface area is 109 Å². The van der Waals surface area contributed by atoms with Gasteiger partial charge < -0.3 is 9.42 Å². The summed E-state index contributed by atoms with van der Waals surface area (Å²) in [5.41, 5.74) is 2.13. The Bertz CT molecular complexity index is 638. The molecule has 0 saturated heterocycles. The van der Waals surface area contributed by atoms with Gasteiger partial charge >= 0.3 is 0 Å². The molecule has 98 valence electrons. The number of aryl methyl sites for hydroxylation is 1. The van der Waals surface area contributed by atoms with Crippen LogP contribution in [0.25, 0.3) is 0 Å². The molecule has 7 heteroatoms. The molecule has 0 saturated carbocycles. The lowest BCUT2D eigenvalue weighted by Gasteiger charge is -2.16. The summed E-state index contributed by atoms with van der Waals surface area (Å²) in [6, 6.07) is 4.94. The number of nitrogens with zero attached hydrogens (tertiary/aromatic N) is 4. The van der Waals surface area contributed by atoms with Gasteiger partial charge in [0.05, 0.1) is 11.5 Å². The Morgan fingerprint density at radius 1 is 1.53 bits per heavy atom. The first-order valence-electron chi connectivity index (χ1n) is 5.95. The highest BCUT2D eigenvalue weighted by Crippen LogP contribution is 2.31. The molecule has 0 unspecified atom stereocenters. The second-order valence-corrected chi connectivity index (χ2v) is 4.48. The average molecular weight is 260 g/mol. The largest absolute Gasteiger partial charge is 0.362 e. The smallest absolute Gasteiger partial charge is 0.269 e. The Kier molecular flexibility index (Phi) is 2.66. The average Bonchev–Trinajstić information content (AvgIpc) is 2.96. The molecule has 0 atom stereocenters. The molecule has 0 N–H and O–H groups in total. The number of anilines is 1. The van der Waals surface area contributed by atoms with Gasteiger partial charge in [0.25, 0.3) is 5.69 Å². The van der Waals surface area contributed by atoms with Gasteiger partial charge in [0.1, 0.15) is 0 Å². The SMILES string of the molecule is Cc1noc(CN2CCc3cc([N+](=O)[O-])ccc32)n1. The van der Waals surface area contributed by atoms with E-state index in [0.29, 0.717) is 18.3 Å². The molecule has 0 amide bonds. The lowest BCUT2D eigenvalue weighted by Crippen LogP contribution is -2.19. The fraction of sp³-hybridized carbons (Fsp3) is 0.333. The number of hydrogen-bond donors (Lipinski definition) is 0. The summed E-state index contributed by atoms with van der Waals surface area (Å²) in [4.78, 5) is 16.6. The van der Waals surface area contributed by atoms with Crippen molar-refractivity contribution in [2.24, 2.45) is 0 Å². The molecule has 0 fully saturated rings. The summed E-state index contributed by atoms with van der Waals surface area (Å²) in [5.74, 6) is 1.17. The van der Waals surface area contributed by atoms with Gasteiger partial charge in [-0.2, -0.15) is 4.98 Å². The predicted molar refractivity (Wildman–Crippen MR) is 66.9 cm³/mol. The maximum Gasteiger partial charge on any atom is 0.269 e. The van der Waals surface area contributed by atoms with E-state index in [1.807, 2.05) is 0 Å². The van der Waals surface area contributed by atoms with E-state index in [4.69, 9.17) is 4.52 Å². The standard InChI is InChI=1S/C12H12N4O3/c1-8-13-12(19-14-8)7-15-5-4-9-6-10(16(17)18)2-3-11(9)15/h2-3,6H,4-5,7H2,1H3. The third-order valence-electron chi connectivity index (χ3n) is 3.16. The van der Waals surface area contributed by atoms with Crippen molar-refractivity contribution in [3.05, 3.63) is 45.6 Å². The van der Waals surface area contributed by atoms with Gasteiger partial charge in [-0.25, -0.2) is 0 Å². The van der Waals surface area contributed by atoms with Crippen molar-refractivity contribution < 1.29 is 9.45 Å². The minimum atomic E-state index is -0.371. The molecule has 0 spiro atoms. The van der Waals surface area contributed by atoms with Gasteiger partial charge in [-0.1, -0.05) is 5.16 Å². The van der Waals surface area contributed by atoms with Crippen molar-refractivity contribution in [1.29, 1.82) is 0 Å². The number of aromatic nitrogens is 2. The fourth-order valence-electron chi connectivity index (χ4n) is 2.30. The molecular weight excluding hydrogens is 248 g/mol. The van der Waals surface area contributed by atoms with E-state index in [2.05, 4.69) is 15.0 Å². The topological polar surface area (TPSA) is 85.3 Å².